The average molecular weight is 288 g/mol. The lowest BCUT2D eigenvalue weighted by Gasteiger charge is -2.11. The molecular formula is C11H7F3N2O4. The van der Waals surface area contributed by atoms with Gasteiger partial charge in [-0.1, -0.05) is 0 Å². The van der Waals surface area contributed by atoms with E-state index in [0.29, 0.717) is 6.07 Å². The Balaban J connectivity index is 3.00. The summed E-state index contributed by atoms with van der Waals surface area (Å²) in [6.45, 7) is 0. The predicted molar refractivity (Wildman–Crippen MR) is 62.8 cm³/mol. The highest BCUT2D eigenvalue weighted by molar-refractivity contribution is 5.92. The Kier molecular flexibility index (Phi) is 3.12. The van der Waals surface area contributed by atoms with Gasteiger partial charge >= 0.3 is 11.9 Å². The van der Waals surface area contributed by atoms with Crippen molar-refractivity contribution in [2.75, 3.05) is 7.11 Å². The summed E-state index contributed by atoms with van der Waals surface area (Å²) in [4.78, 5) is 23.4. The molecule has 1 aromatic heterocycles. The molecule has 0 aliphatic carbocycles. The molecule has 2 rings (SSSR count). The Morgan fingerprint density at radius 2 is 2.00 bits per heavy atom. The third-order valence-corrected chi connectivity index (χ3v) is 2.66. The summed E-state index contributed by atoms with van der Waals surface area (Å²) >= 11 is 0. The van der Waals surface area contributed by atoms with E-state index in [1.807, 2.05) is 4.98 Å². The van der Waals surface area contributed by atoms with Crippen LogP contribution in [-0.2, 0) is 6.18 Å². The zero-order valence-electron chi connectivity index (χ0n) is 9.95. The molecule has 106 valence electrons. The number of nitrogens with zero attached hydrogens (tertiary/aromatic N) is 1. The summed E-state index contributed by atoms with van der Waals surface area (Å²) in [7, 11) is 1.14. The van der Waals surface area contributed by atoms with Gasteiger partial charge in [0.25, 0.3) is 0 Å². The number of methoxy groups -OCH3 is 1. The number of aromatic nitrogens is 1. The normalized spacial score (nSPS) is 11.6. The number of H-pyrrole nitrogens is 1. The van der Waals surface area contributed by atoms with Crippen molar-refractivity contribution in [2.45, 2.75) is 6.18 Å². The van der Waals surface area contributed by atoms with Crippen LogP contribution < -0.4 is 10.3 Å². The number of nitrogens with one attached hydrogen (secondary N) is 1. The quantitative estimate of drug-likeness (QED) is 0.679. The summed E-state index contributed by atoms with van der Waals surface area (Å²) < 4.78 is 43.3. The first-order valence-electron chi connectivity index (χ1n) is 5.21. The third kappa shape index (κ3) is 2.17. The predicted octanol–water partition coefficient (Wildman–Crippen LogP) is 2.46. The van der Waals surface area contributed by atoms with E-state index in [9.17, 15) is 28.1 Å². The van der Waals surface area contributed by atoms with E-state index >= 15 is 0 Å². The molecule has 0 atom stereocenters. The van der Waals surface area contributed by atoms with Gasteiger partial charge in [-0.25, -0.2) is 0 Å². The van der Waals surface area contributed by atoms with Crippen LogP contribution in [-0.4, -0.2) is 17.0 Å². The molecule has 0 amide bonds. The lowest BCUT2D eigenvalue weighted by Crippen LogP contribution is -2.14. The molecule has 0 aliphatic heterocycles. The van der Waals surface area contributed by atoms with Gasteiger partial charge in [-0.3, -0.25) is 14.9 Å². The summed E-state index contributed by atoms with van der Waals surface area (Å²) in [5.41, 5.74) is -3.55. The number of halogens is 3. The monoisotopic (exact) mass is 288 g/mol. The van der Waals surface area contributed by atoms with Gasteiger partial charge in [-0.2, -0.15) is 13.2 Å². The van der Waals surface area contributed by atoms with Crippen LogP contribution in [0.2, 0.25) is 0 Å². The minimum atomic E-state index is -4.80. The molecule has 0 saturated carbocycles. The van der Waals surface area contributed by atoms with E-state index in [1.165, 1.54) is 0 Å². The van der Waals surface area contributed by atoms with Gasteiger partial charge in [0.1, 0.15) is 5.52 Å². The molecule has 0 saturated heterocycles. The van der Waals surface area contributed by atoms with Crippen molar-refractivity contribution >= 4 is 16.6 Å². The van der Waals surface area contributed by atoms with Crippen molar-refractivity contribution < 1.29 is 22.8 Å². The first-order valence-corrected chi connectivity index (χ1v) is 5.21. The maximum atomic E-state index is 12.9. The van der Waals surface area contributed by atoms with Crippen LogP contribution in [0.25, 0.3) is 10.9 Å². The molecule has 6 nitrogen and oxygen atoms in total. The summed E-state index contributed by atoms with van der Waals surface area (Å²) in [5.74, 6) is -0.238. The van der Waals surface area contributed by atoms with Crippen LogP contribution in [0.15, 0.2) is 23.0 Å². The van der Waals surface area contributed by atoms with Crippen LogP contribution in [0.3, 0.4) is 0 Å². The van der Waals surface area contributed by atoms with Crippen LogP contribution in [0.4, 0.5) is 18.9 Å². The number of hydrogen-bond donors (Lipinski definition) is 1. The Morgan fingerprint density at radius 1 is 1.35 bits per heavy atom. The number of hydrogen-bond acceptors (Lipinski definition) is 4. The van der Waals surface area contributed by atoms with Gasteiger partial charge in [0, 0.05) is 11.5 Å². The van der Waals surface area contributed by atoms with Crippen molar-refractivity contribution in [3.05, 3.63) is 44.2 Å². The summed E-state index contributed by atoms with van der Waals surface area (Å²) in [6, 6.07) is 2.42. The van der Waals surface area contributed by atoms with Gasteiger partial charge in [0.15, 0.2) is 5.75 Å². The average Bonchev–Trinajstić information content (AvgIpc) is 2.34. The Hall–Kier alpha value is -2.58. The fraction of sp³-hybridized carbons (Fsp3) is 0.182. The molecular weight excluding hydrogens is 281 g/mol. The molecule has 9 heteroatoms. The molecule has 0 bridgehead atoms. The lowest BCUT2D eigenvalue weighted by atomic mass is 10.1. The highest BCUT2D eigenvalue weighted by atomic mass is 19.4. The molecule has 20 heavy (non-hydrogen) atoms. The number of pyridine rings is 1. The zero-order chi connectivity index (χ0) is 15.1. The molecule has 1 aromatic carbocycles. The zero-order valence-corrected chi connectivity index (χ0v) is 9.95. The van der Waals surface area contributed by atoms with Gasteiger partial charge in [0.2, 0.25) is 5.56 Å². The van der Waals surface area contributed by atoms with Gasteiger partial charge < -0.3 is 9.72 Å². The molecule has 0 spiro atoms. The number of rotatable bonds is 2. The van der Waals surface area contributed by atoms with Gasteiger partial charge in [-0.15, -0.1) is 0 Å². The number of nitro benzene ring substituents is 1. The highest BCUT2D eigenvalue weighted by Gasteiger charge is 2.35. The van der Waals surface area contributed by atoms with Crippen molar-refractivity contribution in [2.24, 2.45) is 0 Å². The maximum absolute atomic E-state index is 12.9. The first kappa shape index (κ1) is 13.8. The second kappa shape index (κ2) is 4.51. The van der Waals surface area contributed by atoms with Gasteiger partial charge in [-0.05, 0) is 12.1 Å². The highest BCUT2D eigenvalue weighted by Crippen LogP contribution is 2.39. The fourth-order valence-corrected chi connectivity index (χ4v) is 1.87. The summed E-state index contributed by atoms with van der Waals surface area (Å²) in [5, 5.41) is 10.5. The van der Waals surface area contributed by atoms with E-state index in [2.05, 4.69) is 0 Å². The molecule has 0 radical (unpaired) electrons. The Labute approximate surface area is 108 Å². The van der Waals surface area contributed by atoms with Crippen LogP contribution in [0, 0.1) is 10.1 Å². The lowest BCUT2D eigenvalue weighted by molar-refractivity contribution is -0.384. The molecule has 1 heterocycles. The number of ether oxygens (including phenoxy) is 1. The number of benzene rings is 1. The van der Waals surface area contributed by atoms with Crippen LogP contribution in [0.5, 0.6) is 5.75 Å². The van der Waals surface area contributed by atoms with E-state index < -0.39 is 38.8 Å². The van der Waals surface area contributed by atoms with Crippen LogP contribution in [0.1, 0.15) is 5.56 Å². The Morgan fingerprint density at radius 3 is 2.50 bits per heavy atom. The van der Waals surface area contributed by atoms with Crippen molar-refractivity contribution in [1.29, 1.82) is 0 Å². The number of aromatic amines is 1. The van der Waals surface area contributed by atoms with E-state index in [-0.39, 0.29) is 5.75 Å². The van der Waals surface area contributed by atoms with E-state index in [0.717, 1.165) is 19.2 Å². The molecule has 0 fully saturated rings. The second-order valence-electron chi connectivity index (χ2n) is 3.84. The first-order chi connectivity index (χ1) is 9.25. The number of fused-ring (bicyclic) bond motifs is 1. The topological polar surface area (TPSA) is 85.2 Å². The third-order valence-electron chi connectivity index (χ3n) is 2.66. The molecule has 1 N–H and O–H groups in total. The van der Waals surface area contributed by atoms with E-state index in [4.69, 9.17) is 4.74 Å². The van der Waals surface area contributed by atoms with Crippen molar-refractivity contribution in [3.8, 4) is 5.75 Å². The SMILES string of the molecule is COc1ccc2c(C(F)(F)F)cc(=O)[nH]c2c1[N+](=O)[O-]. The molecule has 0 aliphatic rings. The fourth-order valence-electron chi connectivity index (χ4n) is 1.87. The number of nitro groups is 1. The number of alkyl halides is 3. The standard InChI is InChI=1S/C11H7F3N2O4/c1-20-7-3-2-5-6(11(12,13)14)4-8(17)15-9(5)10(7)16(18)19/h2-4H,1H3,(H,15,17). The second-order valence-corrected chi connectivity index (χ2v) is 3.84. The molecule has 0 unspecified atom stereocenters. The Bertz CT molecular complexity index is 752. The van der Waals surface area contributed by atoms with Gasteiger partial charge in [0.05, 0.1) is 17.6 Å². The minimum Gasteiger partial charge on any atom is -0.490 e. The van der Waals surface area contributed by atoms with Crippen LogP contribution >= 0.6 is 0 Å². The summed E-state index contributed by atoms with van der Waals surface area (Å²) in [6.07, 6.45) is -4.80. The largest absolute Gasteiger partial charge is 0.490 e. The molecule has 2 aromatic rings. The smallest absolute Gasteiger partial charge is 0.417 e. The van der Waals surface area contributed by atoms with E-state index in [1.54, 1.807) is 0 Å². The minimum absolute atomic E-state index is 0.238. The van der Waals surface area contributed by atoms with Crippen molar-refractivity contribution in [1.82, 2.24) is 4.98 Å². The maximum Gasteiger partial charge on any atom is 0.417 e. The van der Waals surface area contributed by atoms with Crippen molar-refractivity contribution in [3.63, 3.8) is 0 Å².